The molecule has 2 nitrogen and oxygen atoms in total. The molecule has 16 heavy (non-hydrogen) atoms. The number of rotatable bonds is 1. The number of alkyl halides is 2. The van der Waals surface area contributed by atoms with Gasteiger partial charge < -0.3 is 10.4 Å². The van der Waals surface area contributed by atoms with Crippen molar-refractivity contribution < 1.29 is 13.9 Å². The first-order chi connectivity index (χ1) is 6.96. The SMILES string of the molecule is CC1(c2cccc(O)c2)NCCC1(F)F.Cl. The first-order valence-electron chi connectivity index (χ1n) is 4.88. The lowest BCUT2D eigenvalue weighted by Gasteiger charge is -2.31. The fraction of sp³-hybridized carbons (Fsp3) is 0.455. The highest BCUT2D eigenvalue weighted by Gasteiger charge is 2.54. The standard InChI is InChI=1S/C11H13F2NO.ClH/c1-10(11(12,13)5-6-14-10)8-3-2-4-9(15)7-8;/h2-4,7,14-15H,5-6H2,1H3;1H. The number of aromatic hydroxyl groups is 1. The third-order valence-corrected chi connectivity index (χ3v) is 3.07. The van der Waals surface area contributed by atoms with Crippen LogP contribution in [0.1, 0.15) is 18.9 Å². The van der Waals surface area contributed by atoms with Crippen molar-refractivity contribution in [3.63, 3.8) is 0 Å². The molecule has 5 heteroatoms. The summed E-state index contributed by atoms with van der Waals surface area (Å²) in [6.07, 6.45) is -0.168. The molecule has 0 amide bonds. The molecular formula is C11H14ClF2NO. The summed E-state index contributed by atoms with van der Waals surface area (Å²) in [4.78, 5) is 0. The highest BCUT2D eigenvalue weighted by atomic mass is 35.5. The summed E-state index contributed by atoms with van der Waals surface area (Å²) in [7, 11) is 0. The van der Waals surface area contributed by atoms with Gasteiger partial charge in [0.15, 0.2) is 0 Å². The van der Waals surface area contributed by atoms with E-state index in [0.29, 0.717) is 12.1 Å². The Kier molecular flexibility index (Phi) is 3.45. The van der Waals surface area contributed by atoms with Gasteiger partial charge in [-0.1, -0.05) is 12.1 Å². The number of benzene rings is 1. The molecule has 1 fully saturated rings. The van der Waals surface area contributed by atoms with E-state index in [2.05, 4.69) is 5.32 Å². The van der Waals surface area contributed by atoms with Crippen molar-refractivity contribution in [1.29, 1.82) is 0 Å². The Morgan fingerprint density at radius 2 is 2.06 bits per heavy atom. The summed E-state index contributed by atoms with van der Waals surface area (Å²) in [5.41, 5.74) is -0.948. The van der Waals surface area contributed by atoms with Gasteiger partial charge in [0.1, 0.15) is 11.3 Å². The van der Waals surface area contributed by atoms with E-state index in [0.717, 1.165) is 0 Å². The molecular weight excluding hydrogens is 236 g/mol. The van der Waals surface area contributed by atoms with Crippen LogP contribution in [-0.2, 0) is 5.54 Å². The molecule has 1 heterocycles. The van der Waals surface area contributed by atoms with Crippen LogP contribution in [-0.4, -0.2) is 17.6 Å². The summed E-state index contributed by atoms with van der Waals surface area (Å²) >= 11 is 0. The minimum atomic E-state index is -2.78. The fourth-order valence-corrected chi connectivity index (χ4v) is 1.98. The molecule has 0 saturated carbocycles. The maximum Gasteiger partial charge on any atom is 0.270 e. The van der Waals surface area contributed by atoms with E-state index in [9.17, 15) is 13.9 Å². The van der Waals surface area contributed by atoms with E-state index in [1.54, 1.807) is 12.1 Å². The number of phenolic OH excluding ortho intramolecular Hbond substituents is 1. The maximum atomic E-state index is 13.7. The van der Waals surface area contributed by atoms with E-state index < -0.39 is 11.5 Å². The topological polar surface area (TPSA) is 32.3 Å². The number of nitrogens with one attached hydrogen (secondary N) is 1. The van der Waals surface area contributed by atoms with Crippen LogP contribution in [0.25, 0.3) is 0 Å². The van der Waals surface area contributed by atoms with Crippen LogP contribution in [0, 0.1) is 0 Å². The Morgan fingerprint density at radius 1 is 1.38 bits per heavy atom. The average molecular weight is 250 g/mol. The van der Waals surface area contributed by atoms with E-state index in [1.807, 2.05) is 0 Å². The molecule has 0 aromatic heterocycles. The van der Waals surface area contributed by atoms with E-state index in [1.165, 1.54) is 19.1 Å². The van der Waals surface area contributed by atoms with Gasteiger partial charge in [0.05, 0.1) is 0 Å². The highest BCUT2D eigenvalue weighted by Crippen LogP contribution is 2.44. The van der Waals surface area contributed by atoms with Crippen molar-refractivity contribution in [3.8, 4) is 5.75 Å². The first-order valence-corrected chi connectivity index (χ1v) is 4.88. The van der Waals surface area contributed by atoms with E-state index in [4.69, 9.17) is 0 Å². The summed E-state index contributed by atoms with van der Waals surface area (Å²) < 4.78 is 27.3. The molecule has 1 unspecified atom stereocenters. The molecule has 1 aliphatic rings. The molecule has 90 valence electrons. The molecule has 2 N–H and O–H groups in total. The van der Waals surface area contributed by atoms with Gasteiger partial charge in [-0.25, -0.2) is 8.78 Å². The predicted octanol–water partition coefficient (Wildman–Crippen LogP) is 2.66. The van der Waals surface area contributed by atoms with E-state index in [-0.39, 0.29) is 24.6 Å². The largest absolute Gasteiger partial charge is 0.508 e. The summed E-state index contributed by atoms with van der Waals surface area (Å²) in [6.45, 7) is 1.76. The van der Waals surface area contributed by atoms with Crippen molar-refractivity contribution in [3.05, 3.63) is 29.8 Å². The van der Waals surface area contributed by atoms with Crippen LogP contribution < -0.4 is 5.32 Å². The minimum Gasteiger partial charge on any atom is -0.508 e. The van der Waals surface area contributed by atoms with Crippen LogP contribution in [0.4, 0.5) is 8.78 Å². The summed E-state index contributed by atoms with van der Waals surface area (Å²) in [5, 5.41) is 12.1. The van der Waals surface area contributed by atoms with Crippen molar-refractivity contribution in [2.24, 2.45) is 0 Å². The van der Waals surface area contributed by atoms with Gasteiger partial charge in [-0.05, 0) is 24.6 Å². The second-order valence-electron chi connectivity index (χ2n) is 4.06. The quantitative estimate of drug-likeness (QED) is 0.802. The first kappa shape index (κ1) is 13.2. The second-order valence-corrected chi connectivity index (χ2v) is 4.06. The molecule has 0 bridgehead atoms. The molecule has 0 spiro atoms. The second kappa shape index (κ2) is 4.18. The van der Waals surface area contributed by atoms with Crippen molar-refractivity contribution in [2.45, 2.75) is 24.8 Å². The Hall–Kier alpha value is -0.870. The molecule has 1 aromatic carbocycles. The van der Waals surface area contributed by atoms with Crippen molar-refractivity contribution in [2.75, 3.05) is 6.54 Å². The zero-order valence-corrected chi connectivity index (χ0v) is 9.65. The van der Waals surface area contributed by atoms with Gasteiger partial charge in [0.25, 0.3) is 5.92 Å². The molecule has 1 aromatic rings. The molecule has 0 radical (unpaired) electrons. The van der Waals surface area contributed by atoms with Gasteiger partial charge in [-0.2, -0.15) is 0 Å². The third kappa shape index (κ3) is 1.87. The Bertz CT molecular complexity index is 386. The van der Waals surface area contributed by atoms with Crippen LogP contribution in [0.3, 0.4) is 0 Å². The molecule has 0 aliphatic carbocycles. The third-order valence-electron chi connectivity index (χ3n) is 3.07. The van der Waals surface area contributed by atoms with E-state index >= 15 is 0 Å². The smallest absolute Gasteiger partial charge is 0.270 e. The Labute approximate surface area is 99.1 Å². The highest BCUT2D eigenvalue weighted by molar-refractivity contribution is 5.85. The van der Waals surface area contributed by atoms with Gasteiger partial charge in [0, 0.05) is 13.0 Å². The lowest BCUT2D eigenvalue weighted by Crippen LogP contribution is -2.45. The number of phenols is 1. The van der Waals surface area contributed by atoms with Crippen LogP contribution >= 0.6 is 12.4 Å². The lowest BCUT2D eigenvalue weighted by molar-refractivity contribution is -0.0559. The zero-order valence-electron chi connectivity index (χ0n) is 8.84. The minimum absolute atomic E-state index is 0. The molecule has 1 atom stereocenters. The van der Waals surface area contributed by atoms with Crippen molar-refractivity contribution >= 4 is 12.4 Å². The lowest BCUT2D eigenvalue weighted by atomic mass is 9.87. The molecule has 1 aliphatic heterocycles. The van der Waals surface area contributed by atoms with Gasteiger partial charge >= 0.3 is 0 Å². The normalized spacial score (nSPS) is 27.4. The zero-order chi connectivity index (χ0) is 11.1. The predicted molar refractivity (Wildman–Crippen MR) is 60.3 cm³/mol. The van der Waals surface area contributed by atoms with Crippen LogP contribution in [0.2, 0.25) is 0 Å². The monoisotopic (exact) mass is 249 g/mol. The number of halogens is 3. The van der Waals surface area contributed by atoms with Crippen LogP contribution in [0.15, 0.2) is 24.3 Å². The Balaban J connectivity index is 0.00000128. The maximum absolute atomic E-state index is 13.7. The molecule has 2 rings (SSSR count). The average Bonchev–Trinajstić information content (AvgIpc) is 2.43. The Morgan fingerprint density at radius 3 is 2.56 bits per heavy atom. The van der Waals surface area contributed by atoms with Crippen LogP contribution in [0.5, 0.6) is 5.75 Å². The van der Waals surface area contributed by atoms with Gasteiger partial charge in [-0.3, -0.25) is 0 Å². The summed E-state index contributed by atoms with van der Waals surface area (Å²) in [6, 6.07) is 6.03. The summed E-state index contributed by atoms with van der Waals surface area (Å²) in [5.74, 6) is -2.76. The van der Waals surface area contributed by atoms with Crippen molar-refractivity contribution in [1.82, 2.24) is 5.32 Å². The molecule has 1 saturated heterocycles. The van der Waals surface area contributed by atoms with Gasteiger partial charge in [-0.15, -0.1) is 12.4 Å². The number of hydrogen-bond donors (Lipinski definition) is 2. The fourth-order valence-electron chi connectivity index (χ4n) is 1.98. The van der Waals surface area contributed by atoms with Gasteiger partial charge in [0.2, 0.25) is 0 Å². The number of hydrogen-bond acceptors (Lipinski definition) is 2.